The maximum atomic E-state index is 11.7. The standard InChI is InChI=1S/C14H21N3O/c1-3-13(15)11-4-6-12(7-5-11)17-9-8-16(2)14(18)10-17/h4-7,13H,3,8-10,15H2,1-2H3. The van der Waals surface area contributed by atoms with Gasteiger partial charge in [-0.15, -0.1) is 0 Å². The Hall–Kier alpha value is -1.55. The van der Waals surface area contributed by atoms with Crippen molar-refractivity contribution >= 4 is 11.6 Å². The lowest BCUT2D eigenvalue weighted by molar-refractivity contribution is -0.129. The number of amides is 1. The largest absolute Gasteiger partial charge is 0.360 e. The molecule has 2 rings (SSSR count). The lowest BCUT2D eigenvalue weighted by Gasteiger charge is -2.33. The normalized spacial score (nSPS) is 18.1. The highest BCUT2D eigenvalue weighted by Gasteiger charge is 2.21. The summed E-state index contributed by atoms with van der Waals surface area (Å²) < 4.78 is 0. The zero-order chi connectivity index (χ0) is 13.1. The summed E-state index contributed by atoms with van der Waals surface area (Å²) in [6.07, 6.45) is 0.937. The van der Waals surface area contributed by atoms with Gasteiger partial charge in [0.2, 0.25) is 5.91 Å². The first-order valence-corrected chi connectivity index (χ1v) is 6.46. The van der Waals surface area contributed by atoms with E-state index in [1.165, 1.54) is 0 Å². The lowest BCUT2D eigenvalue weighted by Crippen LogP contribution is -2.48. The molecule has 1 aliphatic heterocycles. The van der Waals surface area contributed by atoms with Gasteiger partial charge in [0.15, 0.2) is 0 Å². The van der Waals surface area contributed by atoms with Crippen LogP contribution in [0.2, 0.25) is 0 Å². The van der Waals surface area contributed by atoms with Crippen LogP contribution in [0, 0.1) is 0 Å². The zero-order valence-corrected chi connectivity index (χ0v) is 11.1. The van der Waals surface area contributed by atoms with Crippen molar-refractivity contribution in [2.45, 2.75) is 19.4 Å². The molecule has 0 aromatic heterocycles. The molecule has 0 bridgehead atoms. The highest BCUT2D eigenvalue weighted by molar-refractivity contribution is 5.82. The third kappa shape index (κ3) is 2.64. The maximum Gasteiger partial charge on any atom is 0.241 e. The van der Waals surface area contributed by atoms with Crippen LogP contribution in [0.25, 0.3) is 0 Å². The number of nitrogens with two attached hydrogens (primary N) is 1. The van der Waals surface area contributed by atoms with Gasteiger partial charge in [-0.25, -0.2) is 0 Å². The van der Waals surface area contributed by atoms with E-state index < -0.39 is 0 Å². The topological polar surface area (TPSA) is 49.6 Å². The van der Waals surface area contributed by atoms with E-state index in [1.807, 2.05) is 7.05 Å². The van der Waals surface area contributed by atoms with Crippen molar-refractivity contribution < 1.29 is 4.79 Å². The molecular weight excluding hydrogens is 226 g/mol. The molecule has 1 unspecified atom stereocenters. The van der Waals surface area contributed by atoms with Gasteiger partial charge in [0, 0.05) is 31.9 Å². The molecule has 0 saturated carbocycles. The minimum atomic E-state index is 0.105. The van der Waals surface area contributed by atoms with E-state index in [2.05, 4.69) is 36.1 Å². The Morgan fingerprint density at radius 3 is 2.50 bits per heavy atom. The fraction of sp³-hybridized carbons (Fsp3) is 0.500. The van der Waals surface area contributed by atoms with Crippen LogP contribution in [0.3, 0.4) is 0 Å². The summed E-state index contributed by atoms with van der Waals surface area (Å²) in [6.45, 7) is 4.23. The summed E-state index contributed by atoms with van der Waals surface area (Å²) in [5, 5.41) is 0. The Labute approximate surface area is 108 Å². The van der Waals surface area contributed by atoms with Gasteiger partial charge in [-0.2, -0.15) is 0 Å². The Bertz CT molecular complexity index is 416. The van der Waals surface area contributed by atoms with Gasteiger partial charge >= 0.3 is 0 Å². The second-order valence-electron chi connectivity index (χ2n) is 4.84. The molecule has 1 aromatic rings. The minimum absolute atomic E-state index is 0.105. The van der Waals surface area contributed by atoms with E-state index in [9.17, 15) is 4.79 Å². The lowest BCUT2D eigenvalue weighted by atomic mass is 10.0. The van der Waals surface area contributed by atoms with Crippen molar-refractivity contribution in [2.24, 2.45) is 5.73 Å². The van der Waals surface area contributed by atoms with Crippen LogP contribution in [-0.2, 0) is 4.79 Å². The van der Waals surface area contributed by atoms with Crippen LogP contribution in [0.15, 0.2) is 24.3 Å². The third-order valence-corrected chi connectivity index (χ3v) is 3.58. The summed E-state index contributed by atoms with van der Waals surface area (Å²) >= 11 is 0. The van der Waals surface area contributed by atoms with Crippen molar-refractivity contribution in [1.29, 1.82) is 0 Å². The molecule has 0 spiro atoms. The van der Waals surface area contributed by atoms with Crippen molar-refractivity contribution in [1.82, 2.24) is 4.90 Å². The van der Waals surface area contributed by atoms with Crippen LogP contribution >= 0.6 is 0 Å². The molecule has 2 N–H and O–H groups in total. The van der Waals surface area contributed by atoms with E-state index in [0.717, 1.165) is 30.8 Å². The van der Waals surface area contributed by atoms with E-state index >= 15 is 0 Å². The van der Waals surface area contributed by atoms with Crippen molar-refractivity contribution in [2.75, 3.05) is 31.6 Å². The molecule has 18 heavy (non-hydrogen) atoms. The Morgan fingerprint density at radius 1 is 1.28 bits per heavy atom. The number of rotatable bonds is 3. The quantitative estimate of drug-likeness (QED) is 0.877. The number of benzene rings is 1. The van der Waals surface area contributed by atoms with E-state index in [1.54, 1.807) is 4.90 Å². The van der Waals surface area contributed by atoms with E-state index in [4.69, 9.17) is 5.73 Å². The predicted octanol–water partition coefficient (Wildman–Crippen LogP) is 1.37. The van der Waals surface area contributed by atoms with Gasteiger partial charge in [0.1, 0.15) is 0 Å². The van der Waals surface area contributed by atoms with E-state index in [-0.39, 0.29) is 11.9 Å². The molecule has 0 aliphatic carbocycles. The summed E-state index contributed by atoms with van der Waals surface area (Å²) in [6, 6.07) is 8.35. The van der Waals surface area contributed by atoms with Crippen LogP contribution in [-0.4, -0.2) is 37.5 Å². The van der Waals surface area contributed by atoms with Gasteiger partial charge in [0.25, 0.3) is 0 Å². The van der Waals surface area contributed by atoms with Gasteiger partial charge < -0.3 is 15.5 Å². The highest BCUT2D eigenvalue weighted by Crippen LogP contribution is 2.20. The molecule has 1 fully saturated rings. The molecule has 1 atom stereocenters. The SMILES string of the molecule is CCC(N)c1ccc(N2CCN(C)C(=O)C2)cc1. The molecule has 1 heterocycles. The summed E-state index contributed by atoms with van der Waals surface area (Å²) in [5.74, 6) is 0.176. The van der Waals surface area contributed by atoms with Crippen LogP contribution in [0.5, 0.6) is 0 Å². The molecule has 1 aliphatic rings. The first kappa shape index (κ1) is 12.9. The Morgan fingerprint density at radius 2 is 1.94 bits per heavy atom. The average Bonchev–Trinajstić information content (AvgIpc) is 2.41. The molecule has 1 aromatic carbocycles. The van der Waals surface area contributed by atoms with Gasteiger partial charge in [-0.05, 0) is 24.1 Å². The second-order valence-corrected chi connectivity index (χ2v) is 4.84. The number of hydrogen-bond donors (Lipinski definition) is 1. The number of likely N-dealkylation sites (N-methyl/N-ethyl adjacent to an activating group) is 1. The van der Waals surface area contributed by atoms with Crippen LogP contribution in [0.1, 0.15) is 24.9 Å². The number of carbonyl (C=O) groups excluding carboxylic acids is 1. The fourth-order valence-corrected chi connectivity index (χ4v) is 2.15. The van der Waals surface area contributed by atoms with Crippen molar-refractivity contribution in [3.05, 3.63) is 29.8 Å². The van der Waals surface area contributed by atoms with Gasteiger partial charge in [-0.1, -0.05) is 19.1 Å². The molecule has 1 saturated heterocycles. The van der Waals surface area contributed by atoms with E-state index in [0.29, 0.717) is 6.54 Å². The molecule has 1 amide bonds. The zero-order valence-electron chi connectivity index (χ0n) is 11.1. The molecule has 4 heteroatoms. The molecule has 98 valence electrons. The first-order valence-electron chi connectivity index (χ1n) is 6.46. The monoisotopic (exact) mass is 247 g/mol. The Kier molecular flexibility index (Phi) is 3.87. The van der Waals surface area contributed by atoms with Crippen LogP contribution < -0.4 is 10.6 Å². The summed E-state index contributed by atoms with van der Waals surface area (Å²) in [4.78, 5) is 15.6. The Balaban J connectivity index is 2.08. The first-order chi connectivity index (χ1) is 8.61. The van der Waals surface area contributed by atoms with Crippen LogP contribution in [0.4, 0.5) is 5.69 Å². The highest BCUT2D eigenvalue weighted by atomic mass is 16.2. The van der Waals surface area contributed by atoms with Crippen molar-refractivity contribution in [3.8, 4) is 0 Å². The molecular formula is C14H21N3O. The smallest absolute Gasteiger partial charge is 0.241 e. The number of carbonyl (C=O) groups is 1. The minimum Gasteiger partial charge on any atom is -0.360 e. The summed E-state index contributed by atoms with van der Waals surface area (Å²) in [5.41, 5.74) is 8.24. The average molecular weight is 247 g/mol. The molecule has 4 nitrogen and oxygen atoms in total. The maximum absolute atomic E-state index is 11.7. The van der Waals surface area contributed by atoms with Crippen molar-refractivity contribution in [3.63, 3.8) is 0 Å². The number of piperazine rings is 1. The fourth-order valence-electron chi connectivity index (χ4n) is 2.15. The number of nitrogens with zero attached hydrogens (tertiary/aromatic N) is 2. The predicted molar refractivity (Wildman–Crippen MR) is 73.5 cm³/mol. The molecule has 0 radical (unpaired) electrons. The van der Waals surface area contributed by atoms with Gasteiger partial charge in [0.05, 0.1) is 6.54 Å². The summed E-state index contributed by atoms with van der Waals surface area (Å²) in [7, 11) is 1.85. The second kappa shape index (κ2) is 5.40. The number of hydrogen-bond acceptors (Lipinski definition) is 3. The third-order valence-electron chi connectivity index (χ3n) is 3.58. The number of anilines is 1. The van der Waals surface area contributed by atoms with Gasteiger partial charge in [-0.3, -0.25) is 4.79 Å².